The second-order valence-corrected chi connectivity index (χ2v) is 11.3. The molecule has 3 aromatic rings. The highest BCUT2D eigenvalue weighted by Crippen LogP contribution is 2.44. The molecule has 216 valence electrons. The normalized spacial score (nSPS) is 15.8. The number of carbonyl (C=O) groups excluding carboxylic acids is 1. The predicted octanol–water partition coefficient (Wildman–Crippen LogP) is 5.69. The van der Waals surface area contributed by atoms with E-state index in [9.17, 15) is 13.6 Å². The molecule has 0 bridgehead atoms. The largest absolute Gasteiger partial charge is 0.760 e. The van der Waals surface area contributed by atoms with Crippen LogP contribution in [0, 0.1) is 5.92 Å². The van der Waals surface area contributed by atoms with Gasteiger partial charge in [0.05, 0.1) is 23.2 Å². The lowest BCUT2D eigenvalue weighted by Gasteiger charge is -2.28. The molecule has 0 saturated heterocycles. The van der Waals surface area contributed by atoms with Gasteiger partial charge in [-0.05, 0) is 61.1 Å². The maximum Gasteiger partial charge on any atom is 0.503 e. The second kappa shape index (κ2) is 13.4. The van der Waals surface area contributed by atoms with Crippen molar-refractivity contribution in [2.24, 2.45) is 5.92 Å². The van der Waals surface area contributed by atoms with Crippen LogP contribution in [0.4, 0.5) is 4.79 Å². The molecule has 11 heteroatoms. The number of pyridine rings is 1. The lowest BCUT2D eigenvalue weighted by atomic mass is 9.82. The first-order valence-electron chi connectivity index (χ1n) is 13.8. The van der Waals surface area contributed by atoms with Gasteiger partial charge in [0.25, 0.3) is 5.91 Å². The molecule has 1 unspecified atom stereocenters. The third-order valence-electron chi connectivity index (χ3n) is 7.67. The fraction of sp³-hybridized carbons (Fsp3) is 0.483. The van der Waals surface area contributed by atoms with Gasteiger partial charge in [0, 0.05) is 30.4 Å². The van der Waals surface area contributed by atoms with Crippen molar-refractivity contribution in [2.75, 3.05) is 13.6 Å². The van der Waals surface area contributed by atoms with Crippen LogP contribution in [0.2, 0.25) is 0 Å². The number of rotatable bonds is 11. The first-order valence-corrected chi connectivity index (χ1v) is 14.8. The molecule has 0 radical (unpaired) electrons. The molecule has 3 N–H and O–H groups in total. The Morgan fingerprint density at radius 2 is 1.85 bits per heavy atom. The van der Waals surface area contributed by atoms with Crippen molar-refractivity contribution in [2.45, 2.75) is 70.8 Å². The highest BCUT2D eigenvalue weighted by molar-refractivity contribution is 7.76. The van der Waals surface area contributed by atoms with Gasteiger partial charge >= 0.3 is 6.16 Å². The summed E-state index contributed by atoms with van der Waals surface area (Å²) >= 11 is -2.33. The zero-order valence-corrected chi connectivity index (χ0v) is 23.7. The van der Waals surface area contributed by atoms with E-state index < -0.39 is 17.4 Å². The molecule has 10 nitrogen and oxygen atoms in total. The van der Waals surface area contributed by atoms with Crippen LogP contribution in [0.5, 0.6) is 0 Å². The molecule has 5 rings (SSSR count). The topological polar surface area (TPSA) is 156 Å². The van der Waals surface area contributed by atoms with Gasteiger partial charge in [-0.3, -0.25) is 9.00 Å². The number of benzene rings is 1. The minimum atomic E-state index is -2.33. The maximum atomic E-state index is 13.0. The number of carboxylic acid groups (broad SMARTS) is 2. The number of fused-ring (bicyclic) bond motifs is 1. The van der Waals surface area contributed by atoms with Crippen molar-refractivity contribution in [3.05, 3.63) is 52.7 Å². The van der Waals surface area contributed by atoms with Gasteiger partial charge in [0.2, 0.25) is 5.71 Å². The number of hydrogen-bond donors (Lipinski definition) is 3. The van der Waals surface area contributed by atoms with Crippen LogP contribution in [0.3, 0.4) is 0 Å². The van der Waals surface area contributed by atoms with Crippen molar-refractivity contribution in [3.8, 4) is 11.3 Å². The summed E-state index contributed by atoms with van der Waals surface area (Å²) in [5.74, 6) is 1.36. The summed E-state index contributed by atoms with van der Waals surface area (Å²) in [4.78, 5) is 26.3. The molecule has 2 saturated carbocycles. The lowest BCUT2D eigenvalue weighted by molar-refractivity contribution is 0.0964. The zero-order chi connectivity index (χ0) is 28.8. The summed E-state index contributed by atoms with van der Waals surface area (Å²) in [6.07, 6.45) is 6.93. The van der Waals surface area contributed by atoms with E-state index in [4.69, 9.17) is 24.4 Å². The average Bonchev–Trinajstić information content (AvgIpc) is 3.68. The number of carbonyl (C=O) groups is 2. The van der Waals surface area contributed by atoms with Crippen molar-refractivity contribution >= 4 is 34.4 Å². The number of nitrogens with zero attached hydrogens (tertiary/aromatic N) is 2. The number of furan rings is 1. The third kappa shape index (κ3) is 7.26. The average molecular weight is 571 g/mol. The Morgan fingerprint density at radius 3 is 2.38 bits per heavy atom. The first kappa shape index (κ1) is 29.7. The van der Waals surface area contributed by atoms with Gasteiger partial charge in [-0.15, -0.1) is 0 Å². The summed E-state index contributed by atoms with van der Waals surface area (Å²) < 4.78 is 31.8. The van der Waals surface area contributed by atoms with E-state index >= 15 is 0 Å². The van der Waals surface area contributed by atoms with Crippen molar-refractivity contribution in [1.29, 1.82) is 0 Å². The molecule has 40 heavy (non-hydrogen) atoms. The van der Waals surface area contributed by atoms with E-state index in [0.29, 0.717) is 34.9 Å². The Bertz CT molecular complexity index is 1360. The molecule has 2 fully saturated rings. The van der Waals surface area contributed by atoms with Crippen LogP contribution in [0.15, 0.2) is 34.7 Å². The Balaban J connectivity index is 0.000000867. The van der Waals surface area contributed by atoms with Crippen LogP contribution in [-0.2, 0) is 24.2 Å². The van der Waals surface area contributed by atoms with Crippen LogP contribution in [0.25, 0.3) is 22.4 Å². The van der Waals surface area contributed by atoms with E-state index in [1.807, 2.05) is 30.3 Å². The van der Waals surface area contributed by atoms with Crippen LogP contribution >= 0.6 is 0 Å². The molecule has 0 spiro atoms. The Kier molecular flexibility index (Phi) is 9.94. The monoisotopic (exact) mass is 570 g/mol. The summed E-state index contributed by atoms with van der Waals surface area (Å²) in [6.45, 7) is 2.81. The third-order valence-corrected chi connectivity index (χ3v) is 8.41. The van der Waals surface area contributed by atoms with Gasteiger partial charge in [-0.25, -0.2) is 14.1 Å². The molecular weight excluding hydrogens is 534 g/mol. The lowest BCUT2D eigenvalue weighted by Crippen LogP contribution is -2.28. The molecule has 1 aromatic carbocycles. The number of aromatic nitrogens is 1. The number of hydrogen-bond acceptors (Lipinski definition) is 6. The quantitative estimate of drug-likeness (QED) is 0.248. The number of amides is 1. The number of nitrogens with one attached hydrogen (secondary N) is 1. The first-order chi connectivity index (χ1) is 19.2. The van der Waals surface area contributed by atoms with Gasteiger partial charge in [0.15, 0.2) is 0 Å². The van der Waals surface area contributed by atoms with Gasteiger partial charge in [-0.2, -0.15) is 0 Å². The molecule has 1 amide bonds. The maximum absolute atomic E-state index is 13.0. The molecule has 2 heterocycles. The van der Waals surface area contributed by atoms with Gasteiger partial charge in [0.1, 0.15) is 5.76 Å². The van der Waals surface area contributed by atoms with E-state index in [-0.39, 0.29) is 12.5 Å². The van der Waals surface area contributed by atoms with E-state index in [1.165, 1.54) is 29.1 Å². The molecule has 2 aliphatic carbocycles. The van der Waals surface area contributed by atoms with Crippen LogP contribution in [-0.4, -0.2) is 53.9 Å². The SMILES string of the molecule is CCc1ccc(-c2oc3nc(CN(CCCC4CCC4)S(=O)[O-])c(C4CC4)cc3c2C(=O)NC)cc1.O=C(O)O. The van der Waals surface area contributed by atoms with E-state index in [1.54, 1.807) is 7.05 Å². The van der Waals surface area contributed by atoms with Gasteiger partial charge in [-0.1, -0.05) is 50.5 Å². The smallest absolute Gasteiger partial charge is 0.503 e. The molecule has 1 atom stereocenters. The van der Waals surface area contributed by atoms with Crippen molar-refractivity contribution < 1.29 is 33.0 Å². The number of aryl methyl sites for hydroxylation is 1. The summed E-state index contributed by atoms with van der Waals surface area (Å²) in [5.41, 5.74) is 4.61. The standard InChI is InChI=1S/C28H35N3O4S.CH2O3/c1-3-18-9-11-21(12-10-18)26-25(27(32)29-2)23-16-22(20-13-14-20)24(30-28(23)35-26)17-31(36(33)34)15-5-8-19-6-4-7-19;2-1(3)4/h9-12,16,19-20H,3-8,13-15,17H2,1-2H3,(H,29,32)(H,33,34);(H2,2,3,4)/p-1. The molecular formula is C29H36N3O7S-. The van der Waals surface area contributed by atoms with Crippen molar-refractivity contribution in [1.82, 2.24) is 14.6 Å². The fourth-order valence-electron chi connectivity index (χ4n) is 5.11. The summed E-state index contributed by atoms with van der Waals surface area (Å²) in [5, 5.41) is 17.4. The highest BCUT2D eigenvalue weighted by atomic mass is 32.2. The Hall–Kier alpha value is -3.28. The molecule has 2 aliphatic rings. The summed E-state index contributed by atoms with van der Waals surface area (Å²) in [7, 11) is 1.61. The van der Waals surface area contributed by atoms with Crippen LogP contribution < -0.4 is 5.32 Å². The minimum absolute atomic E-state index is 0.221. The minimum Gasteiger partial charge on any atom is -0.760 e. The molecule has 0 aliphatic heterocycles. The Morgan fingerprint density at radius 1 is 1.18 bits per heavy atom. The summed E-state index contributed by atoms with van der Waals surface area (Å²) in [6, 6.07) is 10.0. The zero-order valence-electron chi connectivity index (χ0n) is 22.9. The predicted molar refractivity (Wildman–Crippen MR) is 151 cm³/mol. The van der Waals surface area contributed by atoms with E-state index in [2.05, 4.69) is 12.2 Å². The van der Waals surface area contributed by atoms with Gasteiger partial charge < -0.3 is 24.5 Å². The van der Waals surface area contributed by atoms with Crippen LogP contribution in [0.1, 0.15) is 85.0 Å². The Labute approximate surface area is 236 Å². The molecule has 2 aromatic heterocycles. The van der Waals surface area contributed by atoms with Crippen molar-refractivity contribution in [3.63, 3.8) is 0 Å². The highest BCUT2D eigenvalue weighted by Gasteiger charge is 2.31. The second-order valence-electron chi connectivity index (χ2n) is 10.4. The fourth-order valence-corrected chi connectivity index (χ4v) is 5.61. The van der Waals surface area contributed by atoms with E-state index in [0.717, 1.165) is 54.8 Å².